The minimum Gasteiger partial charge on any atom is -0.426 e. The van der Waals surface area contributed by atoms with Gasteiger partial charge in [-0.2, -0.15) is 0 Å². The van der Waals surface area contributed by atoms with Gasteiger partial charge in [-0.15, -0.1) is 0 Å². The third-order valence-corrected chi connectivity index (χ3v) is 6.22. The van der Waals surface area contributed by atoms with Crippen LogP contribution in [0, 0.1) is 0 Å². The maximum Gasteiger partial charge on any atom is 0.475 e. The number of carbonyl (C=O) groups excluding carboxylic acids is 2. The summed E-state index contributed by atoms with van der Waals surface area (Å²) in [6, 6.07) is 16.6. The number of fused-ring (bicyclic) bond motifs is 1. The first-order valence-electron chi connectivity index (χ1n) is 10.9. The number of rotatable bonds is 5. The lowest BCUT2D eigenvalue weighted by atomic mass is 9.77. The number of likely N-dealkylation sites (tertiary alicyclic amines) is 1. The molecule has 3 amide bonds. The van der Waals surface area contributed by atoms with Crippen LogP contribution < -0.4 is 5.32 Å². The highest BCUT2D eigenvalue weighted by molar-refractivity contribution is 6.43. The van der Waals surface area contributed by atoms with Crippen molar-refractivity contribution < 1.29 is 19.6 Å². The summed E-state index contributed by atoms with van der Waals surface area (Å²) in [4.78, 5) is 29.7. The molecule has 8 heteroatoms. The molecular weight excluding hydrogens is 393 g/mol. The van der Waals surface area contributed by atoms with Crippen molar-refractivity contribution in [3.63, 3.8) is 0 Å². The Kier molecular flexibility index (Phi) is 6.58. The lowest BCUT2D eigenvalue weighted by Gasteiger charge is -2.33. The van der Waals surface area contributed by atoms with Gasteiger partial charge in [-0.1, -0.05) is 54.6 Å². The van der Waals surface area contributed by atoms with Crippen molar-refractivity contribution in [1.29, 1.82) is 0 Å². The van der Waals surface area contributed by atoms with Crippen molar-refractivity contribution in [2.75, 3.05) is 13.1 Å². The number of carbonyl (C=O) groups is 2. The van der Waals surface area contributed by atoms with Gasteiger partial charge in [0, 0.05) is 26.1 Å². The van der Waals surface area contributed by atoms with E-state index in [1.54, 1.807) is 4.90 Å². The SMILES string of the molecule is O=C(N[C@@H](Cc1ccccc1)C(=O)N1CCC[C@H]1B(O)O)N1CCc2ccccc2C1. The Balaban J connectivity index is 1.50. The Bertz CT molecular complexity index is 924. The van der Waals surface area contributed by atoms with Gasteiger partial charge in [0.15, 0.2) is 0 Å². The Hall–Kier alpha value is -2.84. The van der Waals surface area contributed by atoms with Gasteiger partial charge >= 0.3 is 13.1 Å². The molecule has 0 unspecified atom stereocenters. The van der Waals surface area contributed by atoms with E-state index in [-0.39, 0.29) is 11.9 Å². The molecule has 0 aliphatic carbocycles. The van der Waals surface area contributed by atoms with Crippen molar-refractivity contribution in [2.45, 2.75) is 44.2 Å². The van der Waals surface area contributed by atoms with E-state index < -0.39 is 19.1 Å². The number of urea groups is 1. The van der Waals surface area contributed by atoms with Crippen LogP contribution in [0.1, 0.15) is 29.5 Å². The summed E-state index contributed by atoms with van der Waals surface area (Å²) in [6.07, 6.45) is 2.38. The largest absolute Gasteiger partial charge is 0.475 e. The molecule has 0 saturated carbocycles. The van der Waals surface area contributed by atoms with Crippen LogP contribution in [0.2, 0.25) is 0 Å². The van der Waals surface area contributed by atoms with Crippen LogP contribution in [0.5, 0.6) is 0 Å². The summed E-state index contributed by atoms with van der Waals surface area (Å²) in [5.74, 6) is -0.908. The monoisotopic (exact) mass is 421 g/mol. The minimum atomic E-state index is -1.59. The third-order valence-electron chi connectivity index (χ3n) is 6.22. The normalized spacial score (nSPS) is 19.0. The lowest BCUT2D eigenvalue weighted by Crippen LogP contribution is -2.56. The van der Waals surface area contributed by atoms with E-state index in [9.17, 15) is 19.6 Å². The van der Waals surface area contributed by atoms with Gasteiger partial charge in [0.1, 0.15) is 6.04 Å². The average Bonchev–Trinajstić information content (AvgIpc) is 3.29. The molecule has 2 aromatic rings. The second kappa shape index (κ2) is 9.53. The molecule has 2 atom stereocenters. The van der Waals surface area contributed by atoms with Crippen LogP contribution in [0.25, 0.3) is 0 Å². The second-order valence-electron chi connectivity index (χ2n) is 8.29. The lowest BCUT2D eigenvalue weighted by molar-refractivity contribution is -0.133. The summed E-state index contributed by atoms with van der Waals surface area (Å²) in [5.41, 5.74) is 3.31. The van der Waals surface area contributed by atoms with E-state index in [2.05, 4.69) is 11.4 Å². The molecule has 0 aromatic heterocycles. The molecule has 7 nitrogen and oxygen atoms in total. The predicted octanol–water partition coefficient (Wildman–Crippen LogP) is 1.37. The summed E-state index contributed by atoms with van der Waals surface area (Å²) < 4.78 is 0. The maximum absolute atomic E-state index is 13.4. The Morgan fingerprint density at radius 3 is 2.48 bits per heavy atom. The first-order chi connectivity index (χ1) is 15.0. The minimum absolute atomic E-state index is 0.273. The number of nitrogens with one attached hydrogen (secondary N) is 1. The predicted molar refractivity (Wildman–Crippen MR) is 118 cm³/mol. The molecule has 0 bridgehead atoms. The highest BCUT2D eigenvalue weighted by atomic mass is 16.4. The number of amides is 3. The molecule has 0 spiro atoms. The van der Waals surface area contributed by atoms with Crippen LogP contribution in [0.15, 0.2) is 54.6 Å². The molecule has 162 valence electrons. The highest BCUT2D eigenvalue weighted by Gasteiger charge is 2.40. The van der Waals surface area contributed by atoms with Crippen LogP contribution >= 0.6 is 0 Å². The summed E-state index contributed by atoms with van der Waals surface area (Å²) >= 11 is 0. The molecule has 2 aromatic carbocycles. The summed E-state index contributed by atoms with van der Waals surface area (Å²) in [6.45, 7) is 1.56. The van der Waals surface area contributed by atoms with E-state index >= 15 is 0 Å². The zero-order valence-electron chi connectivity index (χ0n) is 17.5. The van der Waals surface area contributed by atoms with Crippen LogP contribution in [0.4, 0.5) is 4.79 Å². The van der Waals surface area contributed by atoms with Crippen LogP contribution in [0.3, 0.4) is 0 Å². The van der Waals surface area contributed by atoms with Gasteiger partial charge in [0.2, 0.25) is 5.91 Å². The van der Waals surface area contributed by atoms with Crippen LogP contribution in [-0.4, -0.2) is 64.0 Å². The molecule has 2 aliphatic heterocycles. The fourth-order valence-corrected chi connectivity index (χ4v) is 4.54. The topological polar surface area (TPSA) is 93.1 Å². The summed E-state index contributed by atoms with van der Waals surface area (Å²) in [7, 11) is -1.59. The van der Waals surface area contributed by atoms with Gasteiger partial charge in [-0.05, 0) is 36.0 Å². The number of hydrogen-bond acceptors (Lipinski definition) is 4. The molecular formula is C23H28BN3O4. The standard InChI is InChI=1S/C23H28BN3O4/c28-22(27-13-6-11-21(27)24(30)31)20(15-17-7-2-1-3-8-17)25-23(29)26-14-12-18-9-4-5-10-19(18)16-26/h1-5,7-10,20-21,30-31H,6,11-16H2,(H,25,29)/t20-,21-/m0/s1. The molecule has 1 saturated heterocycles. The molecule has 0 radical (unpaired) electrons. The smallest absolute Gasteiger partial charge is 0.426 e. The first-order valence-corrected chi connectivity index (χ1v) is 10.9. The van der Waals surface area contributed by atoms with Gasteiger partial charge in [0.05, 0.1) is 5.94 Å². The summed E-state index contributed by atoms with van der Waals surface area (Å²) in [5, 5.41) is 22.3. The first kappa shape index (κ1) is 21.4. The number of hydrogen-bond donors (Lipinski definition) is 3. The van der Waals surface area contributed by atoms with Crippen LogP contribution in [-0.2, 0) is 24.2 Å². The van der Waals surface area contributed by atoms with Gasteiger partial charge in [-0.3, -0.25) is 4.79 Å². The number of benzene rings is 2. The molecule has 2 aliphatic rings. The van der Waals surface area contributed by atoms with Gasteiger partial charge in [0.25, 0.3) is 0 Å². The van der Waals surface area contributed by atoms with E-state index in [1.165, 1.54) is 10.5 Å². The fourth-order valence-electron chi connectivity index (χ4n) is 4.54. The van der Waals surface area contributed by atoms with E-state index in [1.807, 2.05) is 48.5 Å². The number of nitrogens with zero attached hydrogens (tertiary/aromatic N) is 2. The molecule has 3 N–H and O–H groups in total. The van der Waals surface area contributed by atoms with Gasteiger partial charge in [-0.25, -0.2) is 4.79 Å². The zero-order chi connectivity index (χ0) is 21.8. The molecule has 31 heavy (non-hydrogen) atoms. The molecule has 1 fully saturated rings. The molecule has 4 rings (SSSR count). The zero-order valence-corrected chi connectivity index (χ0v) is 17.5. The van der Waals surface area contributed by atoms with Crippen molar-refractivity contribution >= 4 is 19.1 Å². The fraction of sp³-hybridized carbons (Fsp3) is 0.391. The van der Waals surface area contributed by atoms with E-state index in [4.69, 9.17) is 0 Å². The van der Waals surface area contributed by atoms with Crippen molar-refractivity contribution in [2.24, 2.45) is 0 Å². The quantitative estimate of drug-likeness (QED) is 0.636. The second-order valence-corrected chi connectivity index (χ2v) is 8.29. The Morgan fingerprint density at radius 2 is 1.74 bits per heavy atom. The highest BCUT2D eigenvalue weighted by Crippen LogP contribution is 2.21. The van der Waals surface area contributed by atoms with Crippen molar-refractivity contribution in [1.82, 2.24) is 15.1 Å². The Morgan fingerprint density at radius 1 is 1.03 bits per heavy atom. The third kappa shape index (κ3) is 4.91. The van der Waals surface area contributed by atoms with Crippen molar-refractivity contribution in [3.8, 4) is 0 Å². The Labute approximate surface area is 182 Å². The van der Waals surface area contributed by atoms with E-state index in [0.717, 1.165) is 17.5 Å². The molecule has 2 heterocycles. The van der Waals surface area contributed by atoms with E-state index in [0.29, 0.717) is 38.9 Å². The maximum atomic E-state index is 13.4. The average molecular weight is 421 g/mol. The van der Waals surface area contributed by atoms with Crippen molar-refractivity contribution in [3.05, 3.63) is 71.3 Å². The van der Waals surface area contributed by atoms with Gasteiger partial charge < -0.3 is 25.2 Å².